The molecule has 2 fully saturated rings. The Bertz CT molecular complexity index is 639. The lowest BCUT2D eigenvalue weighted by atomic mass is 9.91. The maximum absolute atomic E-state index is 13.6. The number of piperidine rings is 1. The molecule has 0 aromatic rings. The fourth-order valence-corrected chi connectivity index (χ4v) is 5.14. The summed E-state index contributed by atoms with van der Waals surface area (Å²) in [4.78, 5) is 43.0. The molecular weight excluding hydrogens is 416 g/mol. The van der Waals surface area contributed by atoms with Gasteiger partial charge in [-0.25, -0.2) is 0 Å². The minimum atomic E-state index is -0.385. The van der Waals surface area contributed by atoms with Crippen LogP contribution in [-0.4, -0.2) is 71.8 Å². The number of piperazine rings is 1. The standard InChI is InChI=1S/C26H48N4O3/c1-7-21(8-2)28-24(31)17-20-9-12-29(13-10-20)26(33)23(16-19(5)6)30-14-11-27-22(25(30)32)15-18(3)4/h18-23,27H,7-17H2,1-6H3,(H,28,31)/t22-,23?/m0/s1. The number of nitrogens with one attached hydrogen (secondary N) is 2. The Morgan fingerprint density at radius 3 is 2.21 bits per heavy atom. The maximum Gasteiger partial charge on any atom is 0.245 e. The van der Waals surface area contributed by atoms with E-state index >= 15 is 0 Å². The maximum atomic E-state index is 13.6. The van der Waals surface area contributed by atoms with Crippen molar-refractivity contribution in [3.8, 4) is 0 Å². The molecule has 2 atom stereocenters. The highest BCUT2D eigenvalue weighted by Gasteiger charge is 2.39. The van der Waals surface area contributed by atoms with Crippen molar-refractivity contribution in [2.45, 2.75) is 105 Å². The van der Waals surface area contributed by atoms with Crippen molar-refractivity contribution < 1.29 is 14.4 Å². The molecule has 0 aromatic carbocycles. The third kappa shape index (κ3) is 8.27. The van der Waals surface area contributed by atoms with Crippen molar-refractivity contribution in [1.29, 1.82) is 0 Å². The van der Waals surface area contributed by atoms with Gasteiger partial charge in [-0.05, 0) is 56.3 Å². The Morgan fingerprint density at radius 1 is 1.03 bits per heavy atom. The largest absolute Gasteiger partial charge is 0.353 e. The van der Waals surface area contributed by atoms with Crippen LogP contribution in [0.25, 0.3) is 0 Å². The van der Waals surface area contributed by atoms with Crippen LogP contribution < -0.4 is 10.6 Å². The van der Waals surface area contributed by atoms with Crippen LogP contribution in [0.3, 0.4) is 0 Å². The molecule has 2 aliphatic rings. The highest BCUT2D eigenvalue weighted by Crippen LogP contribution is 2.25. The third-order valence-corrected chi connectivity index (χ3v) is 7.14. The zero-order valence-electron chi connectivity index (χ0n) is 21.9. The first-order valence-corrected chi connectivity index (χ1v) is 13.3. The minimum absolute atomic E-state index is 0.0712. The van der Waals surface area contributed by atoms with Gasteiger partial charge in [0, 0.05) is 38.6 Å². The molecule has 7 nitrogen and oxygen atoms in total. The lowest BCUT2D eigenvalue weighted by Crippen LogP contribution is -2.62. The van der Waals surface area contributed by atoms with Crippen molar-refractivity contribution in [3.05, 3.63) is 0 Å². The molecule has 190 valence electrons. The summed E-state index contributed by atoms with van der Waals surface area (Å²) in [6, 6.07) is -0.323. The molecule has 3 amide bonds. The second-order valence-electron chi connectivity index (χ2n) is 10.9. The van der Waals surface area contributed by atoms with Crippen molar-refractivity contribution in [2.75, 3.05) is 26.2 Å². The van der Waals surface area contributed by atoms with E-state index in [2.05, 4.69) is 52.2 Å². The SMILES string of the molecule is CCC(CC)NC(=O)CC1CCN(C(=O)C(CC(C)C)N2CCN[C@@H](CC(C)C)C2=O)CC1. The van der Waals surface area contributed by atoms with E-state index in [-0.39, 0.29) is 35.8 Å². The van der Waals surface area contributed by atoms with E-state index in [1.54, 1.807) is 0 Å². The Kier molecular flexibility index (Phi) is 11.1. The van der Waals surface area contributed by atoms with Crippen LogP contribution in [0.1, 0.15) is 86.5 Å². The number of likely N-dealkylation sites (tertiary alicyclic amines) is 1. The van der Waals surface area contributed by atoms with Gasteiger partial charge in [-0.15, -0.1) is 0 Å². The van der Waals surface area contributed by atoms with Crippen LogP contribution in [0.2, 0.25) is 0 Å². The second-order valence-corrected chi connectivity index (χ2v) is 10.9. The van der Waals surface area contributed by atoms with Gasteiger partial charge in [-0.1, -0.05) is 41.5 Å². The monoisotopic (exact) mass is 464 g/mol. The average molecular weight is 465 g/mol. The van der Waals surface area contributed by atoms with Crippen LogP contribution in [0, 0.1) is 17.8 Å². The van der Waals surface area contributed by atoms with Crippen molar-refractivity contribution in [2.24, 2.45) is 17.8 Å². The summed E-state index contributed by atoms with van der Waals surface area (Å²) in [5.74, 6) is 1.37. The van der Waals surface area contributed by atoms with Gasteiger partial charge < -0.3 is 20.4 Å². The average Bonchev–Trinajstić information content (AvgIpc) is 2.77. The third-order valence-electron chi connectivity index (χ3n) is 7.14. The lowest BCUT2D eigenvalue weighted by molar-refractivity contribution is -0.150. The van der Waals surface area contributed by atoms with E-state index in [4.69, 9.17) is 0 Å². The fraction of sp³-hybridized carbons (Fsp3) is 0.885. The zero-order valence-corrected chi connectivity index (χ0v) is 21.9. The van der Waals surface area contributed by atoms with Gasteiger partial charge in [0.2, 0.25) is 17.7 Å². The predicted molar refractivity (Wildman–Crippen MR) is 133 cm³/mol. The van der Waals surface area contributed by atoms with E-state index in [9.17, 15) is 14.4 Å². The van der Waals surface area contributed by atoms with Crippen molar-refractivity contribution >= 4 is 17.7 Å². The molecule has 0 bridgehead atoms. The molecule has 0 spiro atoms. The van der Waals surface area contributed by atoms with Gasteiger partial charge in [0.15, 0.2) is 0 Å². The quantitative estimate of drug-likeness (QED) is 0.492. The first-order chi connectivity index (χ1) is 15.7. The summed E-state index contributed by atoms with van der Waals surface area (Å²) < 4.78 is 0. The summed E-state index contributed by atoms with van der Waals surface area (Å²) in [5.41, 5.74) is 0. The van der Waals surface area contributed by atoms with Crippen molar-refractivity contribution in [1.82, 2.24) is 20.4 Å². The number of rotatable bonds is 11. The molecule has 2 rings (SSSR count). The van der Waals surface area contributed by atoms with Crippen LogP contribution in [-0.2, 0) is 14.4 Å². The Morgan fingerprint density at radius 2 is 1.67 bits per heavy atom. The lowest BCUT2D eigenvalue weighted by Gasteiger charge is -2.42. The molecule has 2 N–H and O–H groups in total. The molecule has 0 radical (unpaired) electrons. The van der Waals surface area contributed by atoms with Gasteiger partial charge >= 0.3 is 0 Å². The van der Waals surface area contributed by atoms with Crippen molar-refractivity contribution in [3.63, 3.8) is 0 Å². The van der Waals surface area contributed by atoms with Crippen LogP contribution in [0.4, 0.5) is 0 Å². The molecule has 0 saturated carbocycles. The summed E-state index contributed by atoms with van der Waals surface area (Å²) in [7, 11) is 0. The fourth-order valence-electron chi connectivity index (χ4n) is 5.14. The second kappa shape index (κ2) is 13.3. The number of hydrogen-bond donors (Lipinski definition) is 2. The summed E-state index contributed by atoms with van der Waals surface area (Å²) in [6.45, 7) is 15.3. The minimum Gasteiger partial charge on any atom is -0.353 e. The summed E-state index contributed by atoms with van der Waals surface area (Å²) >= 11 is 0. The van der Waals surface area contributed by atoms with Gasteiger partial charge in [-0.2, -0.15) is 0 Å². The number of carbonyl (C=O) groups excluding carboxylic acids is 3. The molecule has 7 heteroatoms. The van der Waals surface area contributed by atoms with E-state index in [0.29, 0.717) is 50.2 Å². The molecule has 2 aliphatic heterocycles. The van der Waals surface area contributed by atoms with Crippen LogP contribution >= 0.6 is 0 Å². The summed E-state index contributed by atoms with van der Waals surface area (Å²) in [5, 5.41) is 6.48. The van der Waals surface area contributed by atoms with E-state index < -0.39 is 0 Å². The van der Waals surface area contributed by atoms with Gasteiger partial charge in [0.25, 0.3) is 0 Å². The molecule has 2 saturated heterocycles. The zero-order chi connectivity index (χ0) is 24.5. The topological polar surface area (TPSA) is 81.8 Å². The first kappa shape index (κ1) is 27.6. The predicted octanol–water partition coefficient (Wildman–Crippen LogP) is 3.18. The van der Waals surface area contributed by atoms with E-state index in [1.807, 2.05) is 9.80 Å². The van der Waals surface area contributed by atoms with E-state index in [1.165, 1.54) is 0 Å². The molecule has 0 aliphatic carbocycles. The number of carbonyl (C=O) groups is 3. The smallest absolute Gasteiger partial charge is 0.245 e. The first-order valence-electron chi connectivity index (χ1n) is 13.3. The molecule has 33 heavy (non-hydrogen) atoms. The highest BCUT2D eigenvalue weighted by atomic mass is 16.2. The summed E-state index contributed by atoms with van der Waals surface area (Å²) in [6.07, 6.45) is 5.63. The molecule has 1 unspecified atom stereocenters. The van der Waals surface area contributed by atoms with Gasteiger partial charge in [0.05, 0.1) is 6.04 Å². The molecular formula is C26H48N4O3. The normalized spacial score (nSPS) is 21.2. The molecule has 2 heterocycles. The highest BCUT2D eigenvalue weighted by molar-refractivity contribution is 5.90. The van der Waals surface area contributed by atoms with E-state index in [0.717, 1.165) is 38.6 Å². The number of amides is 3. The Hall–Kier alpha value is -1.63. The van der Waals surface area contributed by atoms with Gasteiger partial charge in [-0.3, -0.25) is 14.4 Å². The number of hydrogen-bond acceptors (Lipinski definition) is 4. The Balaban J connectivity index is 1.97. The number of nitrogens with zero attached hydrogens (tertiary/aromatic N) is 2. The van der Waals surface area contributed by atoms with Crippen LogP contribution in [0.5, 0.6) is 0 Å². The van der Waals surface area contributed by atoms with Crippen LogP contribution in [0.15, 0.2) is 0 Å². The molecule has 0 aromatic heterocycles. The van der Waals surface area contributed by atoms with Gasteiger partial charge in [0.1, 0.15) is 6.04 Å². The Labute approximate surface area is 201 Å².